The second-order valence-corrected chi connectivity index (χ2v) is 6.49. The molecule has 0 radical (unpaired) electrons. The van der Waals surface area contributed by atoms with Crippen LogP contribution in [0.2, 0.25) is 0 Å². The normalized spacial score (nSPS) is 12.2. The van der Waals surface area contributed by atoms with Crippen LogP contribution in [0.15, 0.2) is 53.0 Å². The zero-order valence-electron chi connectivity index (χ0n) is 13.1. The van der Waals surface area contributed by atoms with Crippen molar-refractivity contribution in [3.63, 3.8) is 0 Å². The average molecular weight is 361 g/mol. The predicted octanol–water partition coefficient (Wildman–Crippen LogP) is 4.22. The molecule has 0 aliphatic carbocycles. The quantitative estimate of drug-likeness (QED) is 0.865. The Kier molecular flexibility index (Phi) is 5.75. The van der Waals surface area contributed by atoms with E-state index in [1.807, 2.05) is 43.1 Å². The van der Waals surface area contributed by atoms with Gasteiger partial charge in [0.2, 0.25) is 5.91 Å². The van der Waals surface area contributed by atoms with Crippen molar-refractivity contribution >= 4 is 27.5 Å². The van der Waals surface area contributed by atoms with Gasteiger partial charge >= 0.3 is 0 Å². The molecule has 0 heterocycles. The van der Waals surface area contributed by atoms with Gasteiger partial charge in [0.25, 0.3) is 0 Å². The number of nitrogens with zero attached hydrogens (tertiary/aromatic N) is 1. The Morgan fingerprint density at radius 2 is 1.73 bits per heavy atom. The van der Waals surface area contributed by atoms with E-state index < -0.39 is 0 Å². The first-order chi connectivity index (χ1) is 10.5. The summed E-state index contributed by atoms with van der Waals surface area (Å²) >= 11 is 3.38. The molecule has 2 aromatic carbocycles. The van der Waals surface area contributed by atoms with E-state index in [-0.39, 0.29) is 11.9 Å². The van der Waals surface area contributed by atoms with E-state index in [2.05, 4.69) is 52.4 Å². The first-order valence-electron chi connectivity index (χ1n) is 7.28. The first-order valence-corrected chi connectivity index (χ1v) is 8.07. The van der Waals surface area contributed by atoms with Crippen molar-refractivity contribution < 1.29 is 4.79 Å². The molecule has 2 rings (SSSR count). The minimum absolute atomic E-state index is 0.00284. The number of anilines is 1. The van der Waals surface area contributed by atoms with Crippen LogP contribution in [0.5, 0.6) is 0 Å². The number of hydrogen-bond acceptors (Lipinski definition) is 2. The minimum Gasteiger partial charge on any atom is -0.325 e. The van der Waals surface area contributed by atoms with Gasteiger partial charge in [-0.3, -0.25) is 9.69 Å². The van der Waals surface area contributed by atoms with Crippen LogP contribution < -0.4 is 5.32 Å². The maximum absolute atomic E-state index is 12.3. The van der Waals surface area contributed by atoms with Gasteiger partial charge in [0.15, 0.2) is 0 Å². The van der Waals surface area contributed by atoms with Gasteiger partial charge in [0.05, 0.1) is 6.04 Å². The van der Waals surface area contributed by atoms with Gasteiger partial charge in [-0.15, -0.1) is 0 Å². The molecular weight excluding hydrogens is 340 g/mol. The van der Waals surface area contributed by atoms with Gasteiger partial charge in [0, 0.05) is 16.7 Å². The van der Waals surface area contributed by atoms with Crippen LogP contribution in [0.25, 0.3) is 0 Å². The highest BCUT2D eigenvalue weighted by molar-refractivity contribution is 9.10. The Morgan fingerprint density at radius 3 is 2.32 bits per heavy atom. The van der Waals surface area contributed by atoms with Crippen LogP contribution in [0.1, 0.15) is 18.1 Å². The van der Waals surface area contributed by atoms with Gasteiger partial charge in [-0.2, -0.15) is 0 Å². The molecule has 1 N–H and O–H groups in total. The predicted molar refractivity (Wildman–Crippen MR) is 94.9 cm³/mol. The highest BCUT2D eigenvalue weighted by Crippen LogP contribution is 2.15. The van der Waals surface area contributed by atoms with E-state index in [1.54, 1.807) is 0 Å². The molecule has 2 aromatic rings. The molecule has 0 spiro atoms. The molecule has 116 valence electrons. The Labute approximate surface area is 140 Å². The lowest BCUT2D eigenvalue weighted by Crippen LogP contribution is -2.39. The van der Waals surface area contributed by atoms with Crippen LogP contribution in [0.3, 0.4) is 0 Å². The van der Waals surface area contributed by atoms with Gasteiger partial charge in [-0.1, -0.05) is 45.8 Å². The SMILES string of the molecule is Cc1ccc(CN(C)[C@H](C)C(=O)Nc2ccc(Br)cc2)cc1. The second kappa shape index (κ2) is 7.56. The van der Waals surface area contributed by atoms with Crippen LogP contribution in [0.4, 0.5) is 5.69 Å². The number of amides is 1. The molecule has 22 heavy (non-hydrogen) atoms. The minimum atomic E-state index is -0.204. The number of rotatable bonds is 5. The fourth-order valence-corrected chi connectivity index (χ4v) is 2.36. The topological polar surface area (TPSA) is 32.3 Å². The number of hydrogen-bond donors (Lipinski definition) is 1. The molecule has 0 saturated carbocycles. The summed E-state index contributed by atoms with van der Waals surface area (Å²) in [4.78, 5) is 14.4. The Morgan fingerprint density at radius 1 is 1.14 bits per heavy atom. The molecule has 1 atom stereocenters. The molecule has 0 aliphatic rings. The Balaban J connectivity index is 1.94. The Hall–Kier alpha value is -1.65. The molecule has 0 fully saturated rings. The van der Waals surface area contributed by atoms with E-state index in [0.717, 1.165) is 16.7 Å². The molecule has 4 heteroatoms. The molecule has 0 bridgehead atoms. The van der Waals surface area contributed by atoms with Gasteiger partial charge < -0.3 is 5.32 Å². The number of carbonyl (C=O) groups is 1. The molecule has 0 unspecified atom stereocenters. The lowest BCUT2D eigenvalue weighted by Gasteiger charge is -2.24. The van der Waals surface area contributed by atoms with E-state index >= 15 is 0 Å². The van der Waals surface area contributed by atoms with Crippen LogP contribution in [0, 0.1) is 6.92 Å². The summed E-state index contributed by atoms with van der Waals surface area (Å²) in [6, 6.07) is 15.8. The maximum atomic E-state index is 12.3. The maximum Gasteiger partial charge on any atom is 0.241 e. The molecular formula is C18H21BrN2O. The third-order valence-corrected chi connectivity index (χ3v) is 4.23. The van der Waals surface area contributed by atoms with Crippen molar-refractivity contribution in [2.24, 2.45) is 0 Å². The van der Waals surface area contributed by atoms with E-state index in [0.29, 0.717) is 0 Å². The Bertz CT molecular complexity index is 623. The van der Waals surface area contributed by atoms with Crippen molar-refractivity contribution in [3.8, 4) is 0 Å². The van der Waals surface area contributed by atoms with Crippen molar-refractivity contribution in [2.45, 2.75) is 26.4 Å². The molecule has 0 saturated heterocycles. The van der Waals surface area contributed by atoms with Gasteiger partial charge in [-0.05, 0) is 50.7 Å². The van der Waals surface area contributed by atoms with Gasteiger partial charge in [0.1, 0.15) is 0 Å². The fraction of sp³-hybridized carbons (Fsp3) is 0.278. The summed E-state index contributed by atoms with van der Waals surface area (Å²) in [6.07, 6.45) is 0. The van der Waals surface area contributed by atoms with E-state index in [9.17, 15) is 4.79 Å². The second-order valence-electron chi connectivity index (χ2n) is 5.57. The molecule has 0 aromatic heterocycles. The highest BCUT2D eigenvalue weighted by atomic mass is 79.9. The summed E-state index contributed by atoms with van der Waals surface area (Å²) < 4.78 is 0.995. The highest BCUT2D eigenvalue weighted by Gasteiger charge is 2.18. The zero-order chi connectivity index (χ0) is 16.1. The third kappa shape index (κ3) is 4.68. The molecule has 0 aliphatic heterocycles. The van der Waals surface area contributed by atoms with Crippen LogP contribution >= 0.6 is 15.9 Å². The number of nitrogens with one attached hydrogen (secondary N) is 1. The average Bonchev–Trinajstić information content (AvgIpc) is 2.51. The van der Waals surface area contributed by atoms with Crippen LogP contribution in [-0.4, -0.2) is 23.9 Å². The number of carbonyl (C=O) groups excluding carboxylic acids is 1. The molecule has 3 nitrogen and oxygen atoms in total. The largest absolute Gasteiger partial charge is 0.325 e. The summed E-state index contributed by atoms with van der Waals surface area (Å²) in [6.45, 7) is 4.74. The van der Waals surface area contributed by atoms with Crippen molar-refractivity contribution in [2.75, 3.05) is 12.4 Å². The van der Waals surface area contributed by atoms with Crippen LogP contribution in [-0.2, 0) is 11.3 Å². The van der Waals surface area contributed by atoms with E-state index in [4.69, 9.17) is 0 Å². The van der Waals surface area contributed by atoms with Crippen molar-refractivity contribution in [1.82, 2.24) is 4.90 Å². The van der Waals surface area contributed by atoms with Gasteiger partial charge in [-0.25, -0.2) is 0 Å². The lowest BCUT2D eigenvalue weighted by atomic mass is 10.1. The zero-order valence-corrected chi connectivity index (χ0v) is 14.7. The fourth-order valence-electron chi connectivity index (χ4n) is 2.10. The summed E-state index contributed by atoms with van der Waals surface area (Å²) in [5.74, 6) is -0.00284. The standard InChI is InChI=1S/C18H21BrN2O/c1-13-4-6-15(7-5-13)12-21(3)14(2)18(22)20-17-10-8-16(19)9-11-17/h4-11,14H,12H2,1-3H3,(H,20,22)/t14-/m1/s1. The monoisotopic (exact) mass is 360 g/mol. The number of halogens is 1. The summed E-state index contributed by atoms with van der Waals surface area (Å²) in [7, 11) is 1.96. The molecule has 1 amide bonds. The summed E-state index contributed by atoms with van der Waals surface area (Å²) in [5, 5.41) is 2.94. The first kappa shape index (κ1) is 16.7. The number of likely N-dealkylation sites (N-methyl/N-ethyl adjacent to an activating group) is 1. The van der Waals surface area contributed by atoms with Crippen molar-refractivity contribution in [1.29, 1.82) is 0 Å². The lowest BCUT2D eigenvalue weighted by molar-refractivity contribution is -0.120. The number of aryl methyl sites for hydroxylation is 1. The number of benzene rings is 2. The smallest absolute Gasteiger partial charge is 0.241 e. The van der Waals surface area contributed by atoms with E-state index in [1.165, 1.54) is 11.1 Å². The third-order valence-electron chi connectivity index (χ3n) is 3.70. The van der Waals surface area contributed by atoms with Crippen molar-refractivity contribution in [3.05, 3.63) is 64.1 Å². The summed E-state index contributed by atoms with van der Waals surface area (Å²) in [5.41, 5.74) is 3.26.